The third-order valence-corrected chi connectivity index (χ3v) is 4.01. The Hall–Kier alpha value is -0.610. The molecule has 2 rings (SSSR count). The fourth-order valence-electron chi connectivity index (χ4n) is 2.58. The number of morpholine rings is 1. The molecule has 0 aromatic carbocycles. The fourth-order valence-corrected chi connectivity index (χ4v) is 2.58. The summed E-state index contributed by atoms with van der Waals surface area (Å²) in [6.07, 6.45) is 2.03. The maximum absolute atomic E-state index is 11.9. The molecule has 0 spiro atoms. The first-order chi connectivity index (χ1) is 7.68. The number of carbonyl (C=O) groups is 1. The van der Waals surface area contributed by atoms with E-state index in [1.54, 1.807) is 0 Å². The Balaban J connectivity index is 1.82. The summed E-state index contributed by atoms with van der Waals surface area (Å²) in [6, 6.07) is 0.341. The van der Waals surface area contributed by atoms with Crippen molar-refractivity contribution < 1.29 is 9.53 Å². The molecule has 1 heterocycles. The van der Waals surface area contributed by atoms with Gasteiger partial charge in [0.15, 0.2) is 0 Å². The molecule has 16 heavy (non-hydrogen) atoms. The lowest BCUT2D eigenvalue weighted by Crippen LogP contribution is -2.50. The van der Waals surface area contributed by atoms with Crippen molar-refractivity contribution in [1.82, 2.24) is 10.6 Å². The summed E-state index contributed by atoms with van der Waals surface area (Å²) in [5.41, 5.74) is 0. The number of amides is 1. The highest BCUT2D eigenvalue weighted by molar-refractivity contribution is 5.81. The minimum atomic E-state index is -0.295. The van der Waals surface area contributed by atoms with Crippen LogP contribution in [0.1, 0.15) is 26.7 Å². The quantitative estimate of drug-likeness (QED) is 0.722. The summed E-state index contributed by atoms with van der Waals surface area (Å²) < 4.78 is 5.44. The van der Waals surface area contributed by atoms with E-state index in [4.69, 9.17) is 4.74 Å². The van der Waals surface area contributed by atoms with E-state index < -0.39 is 0 Å². The van der Waals surface area contributed by atoms with Gasteiger partial charge in [0.2, 0.25) is 0 Å². The van der Waals surface area contributed by atoms with Gasteiger partial charge in [0, 0.05) is 19.1 Å². The van der Waals surface area contributed by atoms with E-state index in [-0.39, 0.29) is 12.0 Å². The molecule has 0 aromatic heterocycles. The highest BCUT2D eigenvalue weighted by atomic mass is 16.5. The first-order valence-electron chi connectivity index (χ1n) is 6.31. The molecule has 1 aliphatic carbocycles. The van der Waals surface area contributed by atoms with Crippen molar-refractivity contribution in [2.75, 3.05) is 19.7 Å². The van der Waals surface area contributed by atoms with E-state index in [1.807, 2.05) is 0 Å². The van der Waals surface area contributed by atoms with Crippen LogP contribution in [-0.4, -0.2) is 37.7 Å². The zero-order valence-electron chi connectivity index (χ0n) is 10.2. The molecule has 92 valence electrons. The Morgan fingerprint density at radius 3 is 2.75 bits per heavy atom. The molecule has 1 saturated heterocycles. The molecule has 4 heteroatoms. The van der Waals surface area contributed by atoms with Crippen LogP contribution in [-0.2, 0) is 9.53 Å². The van der Waals surface area contributed by atoms with E-state index in [9.17, 15) is 4.79 Å². The zero-order valence-corrected chi connectivity index (χ0v) is 10.2. The predicted molar refractivity (Wildman–Crippen MR) is 62.1 cm³/mol. The van der Waals surface area contributed by atoms with Crippen LogP contribution in [0.15, 0.2) is 0 Å². The lowest BCUT2D eigenvalue weighted by atomic mass is 9.97. The molecule has 2 aliphatic rings. The summed E-state index contributed by atoms with van der Waals surface area (Å²) >= 11 is 0. The van der Waals surface area contributed by atoms with Gasteiger partial charge in [0.1, 0.15) is 6.10 Å². The van der Waals surface area contributed by atoms with Crippen LogP contribution in [0.4, 0.5) is 0 Å². The van der Waals surface area contributed by atoms with Crippen LogP contribution in [0.3, 0.4) is 0 Å². The first kappa shape index (κ1) is 11.9. The highest BCUT2D eigenvalue weighted by Gasteiger charge is 2.32. The zero-order chi connectivity index (χ0) is 11.5. The summed E-state index contributed by atoms with van der Waals surface area (Å²) in [5, 5.41) is 6.30. The number of carbonyl (C=O) groups excluding carboxylic acids is 1. The second kappa shape index (κ2) is 5.15. The Kier molecular flexibility index (Phi) is 3.82. The van der Waals surface area contributed by atoms with Gasteiger partial charge in [-0.1, -0.05) is 13.8 Å². The number of hydrogen-bond acceptors (Lipinski definition) is 3. The van der Waals surface area contributed by atoms with Gasteiger partial charge in [-0.05, 0) is 24.7 Å². The van der Waals surface area contributed by atoms with Crippen molar-refractivity contribution in [3.8, 4) is 0 Å². The summed E-state index contributed by atoms with van der Waals surface area (Å²) in [7, 11) is 0. The van der Waals surface area contributed by atoms with Crippen LogP contribution in [0, 0.1) is 11.8 Å². The molecule has 4 nitrogen and oxygen atoms in total. The van der Waals surface area contributed by atoms with E-state index >= 15 is 0 Å². The SMILES string of the molecule is CC1CCC(NC(=O)C2CNCCO2)C1C. The maximum atomic E-state index is 11.9. The number of nitrogens with one attached hydrogen (secondary N) is 2. The molecular formula is C12H22N2O2. The Morgan fingerprint density at radius 2 is 2.19 bits per heavy atom. The van der Waals surface area contributed by atoms with Gasteiger partial charge < -0.3 is 15.4 Å². The molecule has 4 unspecified atom stereocenters. The molecule has 1 saturated carbocycles. The van der Waals surface area contributed by atoms with Gasteiger partial charge in [0.25, 0.3) is 5.91 Å². The van der Waals surface area contributed by atoms with Gasteiger partial charge in [-0.2, -0.15) is 0 Å². The van der Waals surface area contributed by atoms with E-state index in [2.05, 4.69) is 24.5 Å². The summed E-state index contributed by atoms with van der Waals surface area (Å²) in [5.74, 6) is 1.36. The molecule has 1 aliphatic heterocycles. The number of ether oxygens (including phenoxy) is 1. The average Bonchev–Trinajstić information content (AvgIpc) is 2.62. The maximum Gasteiger partial charge on any atom is 0.250 e. The van der Waals surface area contributed by atoms with Crippen molar-refractivity contribution in [3.05, 3.63) is 0 Å². The molecule has 2 fully saturated rings. The van der Waals surface area contributed by atoms with E-state index in [0.717, 1.165) is 18.9 Å². The van der Waals surface area contributed by atoms with Gasteiger partial charge in [-0.15, -0.1) is 0 Å². The molecule has 2 N–H and O–H groups in total. The topological polar surface area (TPSA) is 50.4 Å². The Morgan fingerprint density at radius 1 is 1.38 bits per heavy atom. The third-order valence-electron chi connectivity index (χ3n) is 4.01. The lowest BCUT2D eigenvalue weighted by Gasteiger charge is -2.26. The molecule has 4 atom stereocenters. The van der Waals surface area contributed by atoms with Gasteiger partial charge in [-0.25, -0.2) is 0 Å². The second-order valence-electron chi connectivity index (χ2n) is 5.09. The Bertz CT molecular complexity index is 251. The smallest absolute Gasteiger partial charge is 0.250 e. The average molecular weight is 226 g/mol. The monoisotopic (exact) mass is 226 g/mol. The molecule has 0 radical (unpaired) electrons. The van der Waals surface area contributed by atoms with Crippen molar-refractivity contribution in [2.24, 2.45) is 11.8 Å². The standard InChI is InChI=1S/C12H22N2O2/c1-8-3-4-10(9(8)2)14-12(15)11-7-13-5-6-16-11/h8-11,13H,3-7H2,1-2H3,(H,14,15). The highest BCUT2D eigenvalue weighted by Crippen LogP contribution is 2.31. The normalized spacial score (nSPS) is 39.6. The van der Waals surface area contributed by atoms with E-state index in [0.29, 0.717) is 25.1 Å². The molecule has 0 bridgehead atoms. The second-order valence-corrected chi connectivity index (χ2v) is 5.09. The van der Waals surface area contributed by atoms with Crippen molar-refractivity contribution in [1.29, 1.82) is 0 Å². The lowest BCUT2D eigenvalue weighted by molar-refractivity contribution is -0.135. The minimum absolute atomic E-state index is 0.0538. The minimum Gasteiger partial charge on any atom is -0.366 e. The molecule has 0 aromatic rings. The Labute approximate surface area is 97.1 Å². The first-order valence-corrected chi connectivity index (χ1v) is 6.31. The summed E-state index contributed by atoms with van der Waals surface area (Å²) in [4.78, 5) is 11.9. The van der Waals surface area contributed by atoms with Crippen molar-refractivity contribution >= 4 is 5.91 Å². The fraction of sp³-hybridized carbons (Fsp3) is 0.917. The van der Waals surface area contributed by atoms with E-state index in [1.165, 1.54) is 6.42 Å². The van der Waals surface area contributed by atoms with Crippen LogP contribution >= 0.6 is 0 Å². The van der Waals surface area contributed by atoms with Crippen LogP contribution < -0.4 is 10.6 Å². The van der Waals surface area contributed by atoms with Gasteiger partial charge in [-0.3, -0.25) is 4.79 Å². The largest absolute Gasteiger partial charge is 0.366 e. The van der Waals surface area contributed by atoms with Crippen LogP contribution in [0.2, 0.25) is 0 Å². The number of rotatable bonds is 2. The van der Waals surface area contributed by atoms with Gasteiger partial charge in [0.05, 0.1) is 6.61 Å². The predicted octanol–water partition coefficient (Wildman–Crippen LogP) is 0.526. The van der Waals surface area contributed by atoms with Crippen molar-refractivity contribution in [3.63, 3.8) is 0 Å². The third kappa shape index (κ3) is 2.55. The molecule has 1 amide bonds. The van der Waals surface area contributed by atoms with Gasteiger partial charge >= 0.3 is 0 Å². The van der Waals surface area contributed by atoms with Crippen LogP contribution in [0.5, 0.6) is 0 Å². The molecular weight excluding hydrogens is 204 g/mol. The van der Waals surface area contributed by atoms with Crippen LogP contribution in [0.25, 0.3) is 0 Å². The number of hydrogen-bond donors (Lipinski definition) is 2. The van der Waals surface area contributed by atoms with Crippen molar-refractivity contribution in [2.45, 2.75) is 38.8 Å². The summed E-state index contributed by atoms with van der Waals surface area (Å²) in [6.45, 7) is 6.61.